The van der Waals surface area contributed by atoms with Gasteiger partial charge in [0, 0.05) is 36.8 Å². The predicted octanol–water partition coefficient (Wildman–Crippen LogP) is 4.67. The van der Waals surface area contributed by atoms with E-state index in [9.17, 15) is 21.6 Å². The molecule has 156 valence electrons. The van der Waals surface area contributed by atoms with Gasteiger partial charge in [0.2, 0.25) is 0 Å². The number of fused-ring (bicyclic) bond motifs is 3. The predicted molar refractivity (Wildman–Crippen MR) is 111 cm³/mol. The molecule has 1 aromatic heterocycles. The van der Waals surface area contributed by atoms with Crippen molar-refractivity contribution in [2.75, 3.05) is 25.3 Å². The molecule has 0 aliphatic carbocycles. The van der Waals surface area contributed by atoms with Gasteiger partial charge < -0.3 is 4.90 Å². The van der Waals surface area contributed by atoms with Crippen LogP contribution in [0, 0.1) is 0 Å². The highest BCUT2D eigenvalue weighted by Crippen LogP contribution is 2.38. The second-order valence-corrected chi connectivity index (χ2v) is 9.30. The Morgan fingerprint density at radius 2 is 1.57 bits per heavy atom. The minimum absolute atomic E-state index is 0.0141. The van der Waals surface area contributed by atoms with Gasteiger partial charge in [-0.1, -0.05) is 12.1 Å². The summed E-state index contributed by atoms with van der Waals surface area (Å²) in [7, 11) is 0.344. The molecule has 1 heterocycles. The van der Waals surface area contributed by atoms with Crippen LogP contribution in [-0.2, 0) is 16.0 Å². The molecule has 3 aromatic carbocycles. The van der Waals surface area contributed by atoms with Gasteiger partial charge in [0.05, 0.1) is 16.1 Å². The van der Waals surface area contributed by atoms with Crippen LogP contribution >= 0.6 is 0 Å². The van der Waals surface area contributed by atoms with Gasteiger partial charge in [-0.2, -0.15) is 18.3 Å². The largest absolute Gasteiger partial charge is 0.435 e. The number of halogens is 3. The zero-order valence-corrected chi connectivity index (χ0v) is 17.2. The van der Waals surface area contributed by atoms with Crippen molar-refractivity contribution in [2.45, 2.75) is 11.1 Å². The molecular formula is C21H18F3N3O2S. The summed E-state index contributed by atoms with van der Waals surface area (Å²) in [6.45, 7) is 0. The number of alkyl halides is 3. The van der Waals surface area contributed by atoms with Crippen LogP contribution < -0.4 is 4.90 Å². The molecule has 0 amide bonds. The van der Waals surface area contributed by atoms with E-state index in [-0.39, 0.29) is 10.3 Å². The van der Waals surface area contributed by atoms with Crippen LogP contribution in [0.25, 0.3) is 27.4 Å². The molecule has 0 atom stereocenters. The van der Waals surface area contributed by atoms with E-state index in [0.717, 1.165) is 17.3 Å². The Bertz CT molecular complexity index is 1370. The molecule has 4 rings (SSSR count). The van der Waals surface area contributed by atoms with Crippen molar-refractivity contribution in [1.29, 1.82) is 0 Å². The summed E-state index contributed by atoms with van der Waals surface area (Å²) in [5.41, 5.74) is 0.592. The molecular weight excluding hydrogens is 415 g/mol. The van der Waals surface area contributed by atoms with Crippen molar-refractivity contribution in [3.05, 3.63) is 60.3 Å². The lowest BCUT2D eigenvalue weighted by atomic mass is 10.0. The second kappa shape index (κ2) is 6.73. The van der Waals surface area contributed by atoms with Crippen molar-refractivity contribution < 1.29 is 21.6 Å². The zero-order chi connectivity index (χ0) is 21.8. The molecule has 0 saturated carbocycles. The fourth-order valence-electron chi connectivity index (χ4n) is 3.43. The molecule has 0 radical (unpaired) electrons. The first kappa shape index (κ1) is 20.2. The van der Waals surface area contributed by atoms with Crippen molar-refractivity contribution in [2.24, 2.45) is 0 Å². The third-order valence-corrected chi connectivity index (χ3v) is 6.06. The van der Waals surface area contributed by atoms with E-state index in [1.165, 1.54) is 35.0 Å². The molecule has 0 unspecified atom stereocenters. The maximum atomic E-state index is 13.7. The van der Waals surface area contributed by atoms with E-state index in [1.54, 1.807) is 12.1 Å². The molecule has 0 N–H and O–H groups in total. The number of nitrogens with zero attached hydrogens (tertiary/aromatic N) is 3. The van der Waals surface area contributed by atoms with Crippen molar-refractivity contribution in [3.8, 4) is 5.69 Å². The average Bonchev–Trinajstić information content (AvgIpc) is 3.07. The molecule has 0 spiro atoms. The van der Waals surface area contributed by atoms with Gasteiger partial charge in [0.1, 0.15) is 0 Å². The number of benzene rings is 3. The Kier molecular flexibility index (Phi) is 4.54. The Hall–Kier alpha value is -3.07. The average molecular weight is 433 g/mol. The first-order valence-electron chi connectivity index (χ1n) is 8.97. The monoisotopic (exact) mass is 433 g/mol. The Morgan fingerprint density at radius 1 is 0.933 bits per heavy atom. The highest BCUT2D eigenvalue weighted by molar-refractivity contribution is 7.90. The lowest BCUT2D eigenvalue weighted by molar-refractivity contribution is -0.140. The summed E-state index contributed by atoms with van der Waals surface area (Å²) < 4.78 is 65.7. The van der Waals surface area contributed by atoms with E-state index >= 15 is 0 Å². The lowest BCUT2D eigenvalue weighted by Crippen LogP contribution is -2.08. The summed E-state index contributed by atoms with van der Waals surface area (Å²) in [5.74, 6) is 0. The van der Waals surface area contributed by atoms with Gasteiger partial charge >= 0.3 is 6.18 Å². The van der Waals surface area contributed by atoms with E-state index in [0.29, 0.717) is 16.6 Å². The number of anilines is 1. The summed E-state index contributed by atoms with van der Waals surface area (Å²) in [4.78, 5) is 1.99. The number of sulfone groups is 1. The van der Waals surface area contributed by atoms with E-state index in [4.69, 9.17) is 0 Å². The summed E-state index contributed by atoms with van der Waals surface area (Å²) >= 11 is 0. The minimum atomic E-state index is -4.63. The highest BCUT2D eigenvalue weighted by atomic mass is 32.2. The van der Waals surface area contributed by atoms with Crippen LogP contribution in [0.15, 0.2) is 59.5 Å². The maximum absolute atomic E-state index is 13.7. The summed E-state index contributed by atoms with van der Waals surface area (Å²) in [6.07, 6.45) is -3.56. The molecule has 0 bridgehead atoms. The van der Waals surface area contributed by atoms with Gasteiger partial charge in [0.15, 0.2) is 15.5 Å². The molecule has 9 heteroatoms. The third kappa shape index (κ3) is 3.39. The fraction of sp³-hybridized carbons (Fsp3) is 0.190. The standard InChI is InChI=1S/C21H18F3N3O2S/c1-26(2)15-7-11-17-13(12-15)4-10-18-19(17)27(25-20(18)21(22,23)24)14-5-8-16(9-6-14)30(3,28)29/h4-12H,1-3H3. The Labute approximate surface area is 171 Å². The molecule has 4 aromatic rings. The van der Waals surface area contributed by atoms with E-state index in [2.05, 4.69) is 5.10 Å². The number of aromatic nitrogens is 2. The third-order valence-electron chi connectivity index (χ3n) is 4.94. The van der Waals surface area contributed by atoms with Crippen LogP contribution in [0.2, 0.25) is 0 Å². The fourth-order valence-corrected chi connectivity index (χ4v) is 4.06. The van der Waals surface area contributed by atoms with Crippen molar-refractivity contribution in [3.63, 3.8) is 0 Å². The zero-order valence-electron chi connectivity index (χ0n) is 16.4. The smallest absolute Gasteiger partial charge is 0.378 e. The quantitative estimate of drug-likeness (QED) is 0.471. The summed E-state index contributed by atoms with van der Waals surface area (Å²) in [5, 5.41) is 5.24. The molecule has 0 fully saturated rings. The first-order valence-corrected chi connectivity index (χ1v) is 10.9. The van der Waals surface area contributed by atoms with Gasteiger partial charge in [-0.3, -0.25) is 0 Å². The van der Waals surface area contributed by atoms with Crippen molar-refractivity contribution >= 4 is 37.2 Å². The molecule has 5 nitrogen and oxygen atoms in total. The van der Waals surface area contributed by atoms with Gasteiger partial charge in [-0.05, 0) is 47.9 Å². The molecule has 0 saturated heterocycles. The Balaban J connectivity index is 2.04. The van der Waals surface area contributed by atoms with Gasteiger partial charge in [-0.15, -0.1) is 0 Å². The molecule has 30 heavy (non-hydrogen) atoms. The topological polar surface area (TPSA) is 55.2 Å². The second-order valence-electron chi connectivity index (χ2n) is 7.29. The van der Waals surface area contributed by atoms with Crippen LogP contribution in [0.4, 0.5) is 18.9 Å². The Morgan fingerprint density at radius 3 is 2.13 bits per heavy atom. The van der Waals surface area contributed by atoms with E-state index < -0.39 is 21.7 Å². The highest BCUT2D eigenvalue weighted by Gasteiger charge is 2.37. The summed E-state index contributed by atoms with van der Waals surface area (Å²) in [6, 6.07) is 14.2. The van der Waals surface area contributed by atoms with E-state index in [1.807, 2.05) is 31.1 Å². The van der Waals surface area contributed by atoms with Crippen LogP contribution in [-0.4, -0.2) is 38.5 Å². The number of hydrogen-bond donors (Lipinski definition) is 0. The van der Waals surface area contributed by atoms with Gasteiger partial charge in [0.25, 0.3) is 0 Å². The van der Waals surface area contributed by atoms with Crippen molar-refractivity contribution in [1.82, 2.24) is 9.78 Å². The maximum Gasteiger partial charge on any atom is 0.435 e. The van der Waals surface area contributed by atoms with Crippen LogP contribution in [0.5, 0.6) is 0 Å². The van der Waals surface area contributed by atoms with Gasteiger partial charge in [-0.25, -0.2) is 13.1 Å². The number of rotatable bonds is 3. The first-order chi connectivity index (χ1) is 14.0. The van der Waals surface area contributed by atoms with Crippen LogP contribution in [0.3, 0.4) is 0 Å². The lowest BCUT2D eigenvalue weighted by Gasteiger charge is -2.14. The molecule has 0 aliphatic heterocycles. The molecule has 0 aliphatic rings. The number of hydrogen-bond acceptors (Lipinski definition) is 4. The minimum Gasteiger partial charge on any atom is -0.378 e. The van der Waals surface area contributed by atoms with Crippen LogP contribution in [0.1, 0.15) is 5.69 Å². The SMILES string of the molecule is CN(C)c1ccc2c(ccc3c(C(F)(F)F)nn(-c4ccc(S(C)(=O)=O)cc4)c32)c1. The normalized spacial score (nSPS) is 12.6.